The SMILES string of the molecule is CC(=O)c1ccc(S(=O)(=O)N(C)CCCC(=O)N[C@H](C)c2ccccn2)cc1. The van der Waals surface area contributed by atoms with Crippen LogP contribution in [0.5, 0.6) is 0 Å². The number of carbonyl (C=O) groups is 2. The standard InChI is InChI=1S/C20H25N3O4S/c1-15(19-7-4-5-13-21-19)22-20(25)8-6-14-23(3)28(26,27)18-11-9-17(10-12-18)16(2)24/h4-5,7,9-13,15H,6,8,14H2,1-3H3,(H,22,25)/t15-/m1/s1. The first kappa shape index (κ1) is 21.7. The number of nitrogens with one attached hydrogen (secondary N) is 1. The molecule has 0 radical (unpaired) electrons. The minimum absolute atomic E-state index is 0.119. The number of Topliss-reactive ketones (excluding diaryl/α,β-unsaturated/α-hetero) is 1. The number of nitrogens with zero attached hydrogens (tertiary/aromatic N) is 2. The van der Waals surface area contributed by atoms with E-state index in [9.17, 15) is 18.0 Å². The van der Waals surface area contributed by atoms with Gasteiger partial charge in [0.05, 0.1) is 16.6 Å². The van der Waals surface area contributed by atoms with Gasteiger partial charge >= 0.3 is 0 Å². The Morgan fingerprint density at radius 3 is 2.39 bits per heavy atom. The van der Waals surface area contributed by atoms with Crippen LogP contribution in [0.1, 0.15) is 48.8 Å². The van der Waals surface area contributed by atoms with Crippen LogP contribution >= 0.6 is 0 Å². The number of pyridine rings is 1. The summed E-state index contributed by atoms with van der Waals surface area (Å²) < 4.78 is 26.4. The molecule has 28 heavy (non-hydrogen) atoms. The Hall–Kier alpha value is -2.58. The number of aromatic nitrogens is 1. The molecule has 0 aliphatic rings. The molecule has 0 saturated carbocycles. The minimum atomic E-state index is -3.67. The molecule has 1 heterocycles. The zero-order valence-corrected chi connectivity index (χ0v) is 17.1. The van der Waals surface area contributed by atoms with E-state index in [-0.39, 0.29) is 35.6 Å². The molecule has 0 saturated heterocycles. The average Bonchev–Trinajstić information content (AvgIpc) is 2.68. The molecular weight excluding hydrogens is 378 g/mol. The lowest BCUT2D eigenvalue weighted by Gasteiger charge is -2.18. The van der Waals surface area contributed by atoms with Gasteiger partial charge in [0.25, 0.3) is 0 Å². The van der Waals surface area contributed by atoms with Gasteiger partial charge in [-0.3, -0.25) is 14.6 Å². The second-order valence-corrected chi connectivity index (χ2v) is 8.60. The van der Waals surface area contributed by atoms with E-state index in [1.165, 1.54) is 42.5 Å². The molecule has 0 spiro atoms. The smallest absolute Gasteiger partial charge is 0.242 e. The molecule has 1 atom stereocenters. The second kappa shape index (κ2) is 9.57. The summed E-state index contributed by atoms with van der Waals surface area (Å²) >= 11 is 0. The number of benzene rings is 1. The topological polar surface area (TPSA) is 96.4 Å². The Kier molecular flexibility index (Phi) is 7.42. The fourth-order valence-corrected chi connectivity index (χ4v) is 3.85. The Morgan fingerprint density at radius 2 is 1.82 bits per heavy atom. The normalized spacial score (nSPS) is 12.6. The summed E-state index contributed by atoms with van der Waals surface area (Å²) in [4.78, 5) is 27.7. The molecule has 7 nitrogen and oxygen atoms in total. The molecule has 150 valence electrons. The van der Waals surface area contributed by atoms with E-state index in [1.807, 2.05) is 25.1 Å². The predicted octanol–water partition coefficient (Wildman–Crippen LogP) is 2.56. The fraction of sp³-hybridized carbons (Fsp3) is 0.350. The maximum absolute atomic E-state index is 12.6. The van der Waals surface area contributed by atoms with E-state index < -0.39 is 10.0 Å². The Labute approximate surface area is 165 Å². The quantitative estimate of drug-likeness (QED) is 0.649. The first-order valence-corrected chi connectivity index (χ1v) is 10.4. The van der Waals surface area contributed by atoms with Crippen molar-refractivity contribution < 1.29 is 18.0 Å². The van der Waals surface area contributed by atoms with E-state index in [0.717, 1.165) is 5.69 Å². The third kappa shape index (κ3) is 5.71. The number of amides is 1. The van der Waals surface area contributed by atoms with Gasteiger partial charge in [0.2, 0.25) is 15.9 Å². The van der Waals surface area contributed by atoms with Crippen molar-refractivity contribution in [3.63, 3.8) is 0 Å². The predicted molar refractivity (Wildman–Crippen MR) is 106 cm³/mol. The lowest BCUT2D eigenvalue weighted by molar-refractivity contribution is -0.121. The molecule has 0 aliphatic heterocycles. The van der Waals surface area contributed by atoms with Gasteiger partial charge in [0.15, 0.2) is 5.78 Å². The van der Waals surface area contributed by atoms with Crippen LogP contribution in [0, 0.1) is 0 Å². The minimum Gasteiger partial charge on any atom is -0.348 e. The molecule has 1 N–H and O–H groups in total. The first-order chi connectivity index (χ1) is 13.2. The zero-order chi connectivity index (χ0) is 20.7. The zero-order valence-electron chi connectivity index (χ0n) is 16.3. The molecule has 1 aromatic heterocycles. The maximum atomic E-state index is 12.6. The molecule has 0 aliphatic carbocycles. The number of rotatable bonds is 9. The van der Waals surface area contributed by atoms with Crippen molar-refractivity contribution in [2.45, 2.75) is 37.6 Å². The van der Waals surface area contributed by atoms with Crippen LogP contribution in [-0.2, 0) is 14.8 Å². The van der Waals surface area contributed by atoms with Crippen LogP contribution in [0.15, 0.2) is 53.6 Å². The van der Waals surface area contributed by atoms with Crippen molar-refractivity contribution in [3.05, 3.63) is 59.9 Å². The van der Waals surface area contributed by atoms with Crippen molar-refractivity contribution in [1.29, 1.82) is 0 Å². The van der Waals surface area contributed by atoms with Crippen LogP contribution in [0.25, 0.3) is 0 Å². The summed E-state index contributed by atoms with van der Waals surface area (Å²) in [6.07, 6.45) is 2.27. The molecule has 8 heteroatoms. The van der Waals surface area contributed by atoms with Gasteiger partial charge in [-0.15, -0.1) is 0 Å². The highest BCUT2D eigenvalue weighted by Crippen LogP contribution is 2.16. The van der Waals surface area contributed by atoms with E-state index in [4.69, 9.17) is 0 Å². The highest BCUT2D eigenvalue weighted by molar-refractivity contribution is 7.89. The number of hydrogen-bond acceptors (Lipinski definition) is 5. The van der Waals surface area contributed by atoms with E-state index >= 15 is 0 Å². The third-order valence-electron chi connectivity index (χ3n) is 4.35. The summed E-state index contributed by atoms with van der Waals surface area (Å²) in [5, 5.41) is 2.86. The lowest BCUT2D eigenvalue weighted by atomic mass is 10.2. The molecule has 2 aromatic rings. The molecule has 0 fully saturated rings. The number of hydrogen-bond donors (Lipinski definition) is 1. The van der Waals surface area contributed by atoms with Crippen molar-refractivity contribution in [2.75, 3.05) is 13.6 Å². The summed E-state index contributed by atoms with van der Waals surface area (Å²) in [6, 6.07) is 11.1. The molecule has 1 amide bonds. The average molecular weight is 404 g/mol. The highest BCUT2D eigenvalue weighted by Gasteiger charge is 2.21. The molecular formula is C20H25N3O4S. The molecule has 1 aromatic carbocycles. The summed E-state index contributed by atoms with van der Waals surface area (Å²) in [6.45, 7) is 3.49. The van der Waals surface area contributed by atoms with Crippen LogP contribution in [-0.4, -0.2) is 43.0 Å². The maximum Gasteiger partial charge on any atom is 0.242 e. The Morgan fingerprint density at radius 1 is 1.14 bits per heavy atom. The monoisotopic (exact) mass is 403 g/mol. The molecule has 0 bridgehead atoms. The second-order valence-electron chi connectivity index (χ2n) is 6.55. The van der Waals surface area contributed by atoms with Crippen molar-refractivity contribution in [2.24, 2.45) is 0 Å². The summed E-state index contributed by atoms with van der Waals surface area (Å²) in [7, 11) is -2.19. The van der Waals surface area contributed by atoms with E-state index in [0.29, 0.717) is 12.0 Å². The third-order valence-corrected chi connectivity index (χ3v) is 6.23. The van der Waals surface area contributed by atoms with Gasteiger partial charge < -0.3 is 5.32 Å². The number of sulfonamides is 1. The van der Waals surface area contributed by atoms with Gasteiger partial charge in [-0.05, 0) is 44.5 Å². The highest BCUT2D eigenvalue weighted by atomic mass is 32.2. The van der Waals surface area contributed by atoms with Crippen molar-refractivity contribution >= 4 is 21.7 Å². The van der Waals surface area contributed by atoms with Gasteiger partial charge in [-0.2, -0.15) is 0 Å². The number of ketones is 1. The van der Waals surface area contributed by atoms with Crippen LogP contribution < -0.4 is 5.32 Å². The molecule has 0 unspecified atom stereocenters. The molecule has 2 rings (SSSR count). The Balaban J connectivity index is 1.86. The van der Waals surface area contributed by atoms with Gasteiger partial charge in [0, 0.05) is 31.8 Å². The van der Waals surface area contributed by atoms with Gasteiger partial charge in [-0.25, -0.2) is 12.7 Å². The fourth-order valence-electron chi connectivity index (χ4n) is 2.64. The lowest BCUT2D eigenvalue weighted by Crippen LogP contribution is -2.30. The van der Waals surface area contributed by atoms with Crippen LogP contribution in [0.2, 0.25) is 0 Å². The first-order valence-electron chi connectivity index (χ1n) is 8.99. The largest absolute Gasteiger partial charge is 0.348 e. The summed E-state index contributed by atoms with van der Waals surface area (Å²) in [5.74, 6) is -0.280. The van der Waals surface area contributed by atoms with Crippen LogP contribution in [0.4, 0.5) is 0 Å². The number of carbonyl (C=O) groups excluding carboxylic acids is 2. The Bertz CT molecular complexity index is 912. The van der Waals surface area contributed by atoms with E-state index in [1.54, 1.807) is 6.20 Å². The van der Waals surface area contributed by atoms with Gasteiger partial charge in [0.1, 0.15) is 0 Å². The van der Waals surface area contributed by atoms with E-state index in [2.05, 4.69) is 10.3 Å². The van der Waals surface area contributed by atoms with Crippen molar-refractivity contribution in [3.8, 4) is 0 Å². The van der Waals surface area contributed by atoms with Crippen molar-refractivity contribution in [1.82, 2.24) is 14.6 Å². The van der Waals surface area contributed by atoms with Gasteiger partial charge in [-0.1, -0.05) is 18.2 Å². The summed E-state index contributed by atoms with van der Waals surface area (Å²) in [5.41, 5.74) is 1.23. The van der Waals surface area contributed by atoms with Crippen LogP contribution in [0.3, 0.4) is 0 Å².